The van der Waals surface area contributed by atoms with Crippen LogP contribution in [-0.2, 0) is 0 Å². The number of hydrogen-bond acceptors (Lipinski definition) is 3. The second-order valence-electron chi connectivity index (χ2n) is 5.28. The fraction of sp³-hybridized carbons (Fsp3) is 0.600. The van der Waals surface area contributed by atoms with Crippen LogP contribution in [0.4, 0.5) is 0 Å². The summed E-state index contributed by atoms with van der Waals surface area (Å²) in [7, 11) is 2.05. The van der Waals surface area contributed by atoms with E-state index >= 15 is 0 Å². The van der Waals surface area contributed by atoms with E-state index < -0.39 is 0 Å². The van der Waals surface area contributed by atoms with Gasteiger partial charge in [0.2, 0.25) is 0 Å². The zero-order chi connectivity index (χ0) is 12.4. The minimum atomic E-state index is 0.552. The Balaban J connectivity index is 1.84. The number of rotatable bonds is 3. The molecule has 0 saturated carbocycles. The first-order valence-electron chi connectivity index (χ1n) is 7.02. The number of likely N-dealkylation sites (N-methyl/N-ethyl adjacent to an activating group) is 1. The number of fused-ring (bicyclic) bond motifs is 1. The molecule has 2 atom stereocenters. The first kappa shape index (κ1) is 12.0. The lowest BCUT2D eigenvalue weighted by Crippen LogP contribution is -2.40. The van der Waals surface area contributed by atoms with Crippen molar-refractivity contribution in [3.63, 3.8) is 0 Å². The van der Waals surface area contributed by atoms with E-state index in [4.69, 9.17) is 4.74 Å². The molecule has 0 spiro atoms. The van der Waals surface area contributed by atoms with Gasteiger partial charge in [-0.2, -0.15) is 0 Å². The highest BCUT2D eigenvalue weighted by atomic mass is 16.5. The molecule has 0 amide bonds. The first-order chi connectivity index (χ1) is 8.90. The third-order valence-corrected chi connectivity index (χ3v) is 4.19. The van der Waals surface area contributed by atoms with Crippen LogP contribution in [0.25, 0.3) is 0 Å². The summed E-state index contributed by atoms with van der Waals surface area (Å²) in [5.41, 5.74) is 1.38. The number of likely N-dealkylation sites (tertiary alicyclic amines) is 1. The lowest BCUT2D eigenvalue weighted by Gasteiger charge is -2.36. The van der Waals surface area contributed by atoms with Crippen LogP contribution in [-0.4, -0.2) is 37.7 Å². The van der Waals surface area contributed by atoms with Crippen LogP contribution in [0.15, 0.2) is 24.3 Å². The van der Waals surface area contributed by atoms with E-state index in [-0.39, 0.29) is 0 Å². The SMILES string of the molecule is CNCC1CCCN1C1CCOc2ccccc21. The van der Waals surface area contributed by atoms with Crippen molar-refractivity contribution < 1.29 is 4.74 Å². The zero-order valence-electron chi connectivity index (χ0n) is 11.1. The fourth-order valence-electron chi connectivity index (χ4n) is 3.39. The number of para-hydroxylation sites is 1. The predicted molar refractivity (Wildman–Crippen MR) is 72.9 cm³/mol. The summed E-state index contributed by atoms with van der Waals surface area (Å²) in [4.78, 5) is 2.68. The van der Waals surface area contributed by atoms with Gasteiger partial charge in [0.15, 0.2) is 0 Å². The molecule has 18 heavy (non-hydrogen) atoms. The van der Waals surface area contributed by atoms with Gasteiger partial charge in [-0.3, -0.25) is 4.90 Å². The van der Waals surface area contributed by atoms with E-state index in [0.29, 0.717) is 12.1 Å². The predicted octanol–water partition coefficient (Wildman–Crippen LogP) is 2.19. The normalized spacial score (nSPS) is 27.8. The number of benzene rings is 1. The Morgan fingerprint density at radius 2 is 2.22 bits per heavy atom. The molecule has 1 N–H and O–H groups in total. The first-order valence-corrected chi connectivity index (χ1v) is 7.02. The van der Waals surface area contributed by atoms with E-state index in [1.165, 1.54) is 24.9 Å². The van der Waals surface area contributed by atoms with Gasteiger partial charge in [-0.1, -0.05) is 18.2 Å². The molecule has 1 aromatic rings. The smallest absolute Gasteiger partial charge is 0.124 e. The highest BCUT2D eigenvalue weighted by Crippen LogP contribution is 2.39. The maximum atomic E-state index is 5.77. The summed E-state index contributed by atoms with van der Waals surface area (Å²) in [5, 5.41) is 3.33. The largest absolute Gasteiger partial charge is 0.493 e. The Labute approximate surface area is 109 Å². The molecule has 2 aliphatic rings. The third-order valence-electron chi connectivity index (χ3n) is 4.19. The van der Waals surface area contributed by atoms with Crippen molar-refractivity contribution in [1.82, 2.24) is 10.2 Å². The van der Waals surface area contributed by atoms with E-state index in [0.717, 1.165) is 25.3 Å². The molecular weight excluding hydrogens is 224 g/mol. The van der Waals surface area contributed by atoms with Gasteiger partial charge >= 0.3 is 0 Å². The van der Waals surface area contributed by atoms with Gasteiger partial charge < -0.3 is 10.1 Å². The summed E-state index contributed by atoms with van der Waals surface area (Å²) in [6.45, 7) is 3.18. The molecule has 2 unspecified atom stereocenters. The standard InChI is InChI=1S/C15H22N2O/c1-16-11-12-5-4-9-17(12)14-8-10-18-15-7-3-2-6-13(14)15/h2-3,6-7,12,14,16H,4-5,8-11H2,1H3. The Bertz CT molecular complexity index is 407. The third kappa shape index (κ3) is 2.13. The maximum Gasteiger partial charge on any atom is 0.124 e. The van der Waals surface area contributed by atoms with Gasteiger partial charge in [0, 0.05) is 30.6 Å². The number of nitrogens with zero attached hydrogens (tertiary/aromatic N) is 1. The highest BCUT2D eigenvalue weighted by Gasteiger charge is 2.33. The number of hydrogen-bond donors (Lipinski definition) is 1. The average molecular weight is 246 g/mol. The second kappa shape index (κ2) is 5.29. The molecule has 1 saturated heterocycles. The van der Waals surface area contributed by atoms with Crippen LogP contribution in [0, 0.1) is 0 Å². The van der Waals surface area contributed by atoms with Gasteiger partial charge in [0.05, 0.1) is 6.61 Å². The van der Waals surface area contributed by atoms with Crippen molar-refractivity contribution >= 4 is 0 Å². The topological polar surface area (TPSA) is 24.5 Å². The maximum absolute atomic E-state index is 5.77. The molecule has 3 rings (SSSR count). The molecule has 3 heteroatoms. The number of nitrogens with one attached hydrogen (secondary N) is 1. The van der Waals surface area contributed by atoms with E-state index in [1.807, 2.05) is 0 Å². The molecule has 0 aliphatic carbocycles. The van der Waals surface area contributed by atoms with Crippen LogP contribution in [0.1, 0.15) is 30.9 Å². The summed E-state index contributed by atoms with van der Waals surface area (Å²) in [6, 6.07) is 9.76. The minimum Gasteiger partial charge on any atom is -0.493 e. The van der Waals surface area contributed by atoms with Gasteiger partial charge in [0.1, 0.15) is 5.75 Å². The lowest BCUT2D eigenvalue weighted by atomic mass is 9.98. The van der Waals surface area contributed by atoms with Crippen molar-refractivity contribution in [2.45, 2.75) is 31.3 Å². The van der Waals surface area contributed by atoms with Gasteiger partial charge in [-0.15, -0.1) is 0 Å². The van der Waals surface area contributed by atoms with Crippen molar-refractivity contribution in [3.05, 3.63) is 29.8 Å². The molecule has 1 fully saturated rings. The van der Waals surface area contributed by atoms with Crippen molar-refractivity contribution in [2.75, 3.05) is 26.7 Å². The van der Waals surface area contributed by atoms with Crippen LogP contribution in [0.3, 0.4) is 0 Å². The Hall–Kier alpha value is -1.06. The summed E-state index contributed by atoms with van der Waals surface area (Å²) >= 11 is 0. The van der Waals surface area contributed by atoms with Crippen LogP contribution >= 0.6 is 0 Å². The molecule has 0 aromatic heterocycles. The summed E-state index contributed by atoms with van der Waals surface area (Å²) in [6.07, 6.45) is 3.77. The molecular formula is C15H22N2O. The Morgan fingerprint density at radius 1 is 1.33 bits per heavy atom. The monoisotopic (exact) mass is 246 g/mol. The van der Waals surface area contributed by atoms with E-state index in [2.05, 4.69) is 41.5 Å². The highest BCUT2D eigenvalue weighted by molar-refractivity contribution is 5.37. The quantitative estimate of drug-likeness (QED) is 0.885. The van der Waals surface area contributed by atoms with Crippen molar-refractivity contribution in [2.24, 2.45) is 0 Å². The van der Waals surface area contributed by atoms with Gasteiger partial charge in [-0.05, 0) is 32.5 Å². The van der Waals surface area contributed by atoms with E-state index in [9.17, 15) is 0 Å². The summed E-state index contributed by atoms with van der Waals surface area (Å²) in [5.74, 6) is 1.09. The zero-order valence-corrected chi connectivity index (χ0v) is 11.1. The summed E-state index contributed by atoms with van der Waals surface area (Å²) < 4.78 is 5.77. The minimum absolute atomic E-state index is 0.552. The van der Waals surface area contributed by atoms with Crippen molar-refractivity contribution in [3.8, 4) is 5.75 Å². The Kier molecular flexibility index (Phi) is 3.52. The average Bonchev–Trinajstić information content (AvgIpc) is 2.87. The molecule has 98 valence electrons. The molecule has 0 radical (unpaired) electrons. The van der Waals surface area contributed by atoms with Crippen molar-refractivity contribution in [1.29, 1.82) is 0 Å². The lowest BCUT2D eigenvalue weighted by molar-refractivity contribution is 0.128. The van der Waals surface area contributed by atoms with Gasteiger partial charge in [-0.25, -0.2) is 0 Å². The second-order valence-corrected chi connectivity index (χ2v) is 5.28. The fourth-order valence-corrected chi connectivity index (χ4v) is 3.39. The molecule has 2 heterocycles. The van der Waals surface area contributed by atoms with E-state index in [1.54, 1.807) is 0 Å². The molecule has 2 aliphatic heterocycles. The number of ether oxygens (including phenoxy) is 1. The molecule has 1 aromatic carbocycles. The van der Waals surface area contributed by atoms with Crippen LogP contribution in [0.5, 0.6) is 5.75 Å². The van der Waals surface area contributed by atoms with Crippen LogP contribution in [0.2, 0.25) is 0 Å². The van der Waals surface area contributed by atoms with Gasteiger partial charge in [0.25, 0.3) is 0 Å². The molecule has 0 bridgehead atoms. The Morgan fingerprint density at radius 3 is 3.11 bits per heavy atom. The molecule has 3 nitrogen and oxygen atoms in total. The van der Waals surface area contributed by atoms with Crippen LogP contribution < -0.4 is 10.1 Å².